The Kier molecular flexibility index (Phi) is 3.73. The van der Waals surface area contributed by atoms with E-state index in [1.165, 1.54) is 0 Å². The Morgan fingerprint density at radius 1 is 1.46 bits per heavy atom. The summed E-state index contributed by atoms with van der Waals surface area (Å²) in [5, 5.41) is 3.27. The number of rotatable bonds is 2. The van der Waals surface area contributed by atoms with Gasteiger partial charge in [-0.2, -0.15) is 0 Å². The minimum absolute atomic E-state index is 0.0320. The highest BCUT2D eigenvalue weighted by Crippen LogP contribution is 2.51. The second-order valence-corrected chi connectivity index (χ2v) is 8.41. The second-order valence-electron chi connectivity index (χ2n) is 7.49. The first kappa shape index (κ1) is 16.1. The van der Waals surface area contributed by atoms with Gasteiger partial charge in [-0.05, 0) is 47.8 Å². The summed E-state index contributed by atoms with van der Waals surface area (Å²) in [6.07, 6.45) is 4.35. The number of pyridine rings is 1. The zero-order valence-corrected chi connectivity index (χ0v) is 15.8. The molecule has 3 unspecified atom stereocenters. The number of aryl methyl sites for hydroxylation is 1. The first-order chi connectivity index (χ1) is 11.4. The molecule has 2 aromatic rings. The van der Waals surface area contributed by atoms with Crippen LogP contribution in [0.15, 0.2) is 22.8 Å². The summed E-state index contributed by atoms with van der Waals surface area (Å²) >= 11 is 3.47. The van der Waals surface area contributed by atoms with Crippen LogP contribution < -0.4 is 5.32 Å². The zero-order chi connectivity index (χ0) is 17.1. The molecule has 2 fully saturated rings. The van der Waals surface area contributed by atoms with Crippen LogP contribution in [0, 0.1) is 18.3 Å². The lowest BCUT2D eigenvalue weighted by Crippen LogP contribution is -2.70. The van der Waals surface area contributed by atoms with Gasteiger partial charge in [-0.1, -0.05) is 13.8 Å². The molecular weight excluding hydrogens is 370 g/mol. The number of aromatic nitrogens is 2. The molecule has 0 radical (unpaired) electrons. The van der Waals surface area contributed by atoms with Crippen LogP contribution in [-0.4, -0.2) is 34.0 Å². The topological polar surface area (TPSA) is 55.6 Å². The highest BCUT2D eigenvalue weighted by Gasteiger charge is 2.58. The van der Waals surface area contributed by atoms with Crippen molar-refractivity contribution in [1.29, 1.82) is 0 Å². The number of ether oxygens (including phenoxy) is 1. The molecule has 1 N–H and O–H groups in total. The maximum Gasteiger partial charge on any atom is 0.270 e. The molecule has 1 saturated heterocycles. The van der Waals surface area contributed by atoms with Gasteiger partial charge in [0.05, 0.1) is 11.8 Å². The van der Waals surface area contributed by atoms with Crippen LogP contribution in [0.25, 0.3) is 5.65 Å². The van der Waals surface area contributed by atoms with Crippen molar-refractivity contribution in [3.63, 3.8) is 0 Å². The third-order valence-corrected chi connectivity index (χ3v) is 6.06. The SMILES string of the molecule is Cc1nc2ccc(Br)cn2c1C(=O)NC1C2CCCOC2C1(C)C. The molecule has 4 rings (SSSR count). The van der Waals surface area contributed by atoms with Crippen LogP contribution >= 0.6 is 15.9 Å². The van der Waals surface area contributed by atoms with Crippen LogP contribution in [-0.2, 0) is 4.74 Å². The van der Waals surface area contributed by atoms with Crippen molar-refractivity contribution >= 4 is 27.5 Å². The molecule has 0 bridgehead atoms. The van der Waals surface area contributed by atoms with Crippen molar-refractivity contribution in [3.05, 3.63) is 34.2 Å². The number of halogens is 1. The van der Waals surface area contributed by atoms with E-state index in [4.69, 9.17) is 4.74 Å². The Bertz CT molecular complexity index is 814. The Morgan fingerprint density at radius 2 is 2.25 bits per heavy atom. The average Bonchev–Trinajstić information content (AvgIpc) is 2.87. The monoisotopic (exact) mass is 391 g/mol. The highest BCUT2D eigenvalue weighted by atomic mass is 79.9. The summed E-state index contributed by atoms with van der Waals surface area (Å²) in [7, 11) is 0. The molecule has 24 heavy (non-hydrogen) atoms. The van der Waals surface area contributed by atoms with Crippen molar-refractivity contribution < 1.29 is 9.53 Å². The van der Waals surface area contributed by atoms with E-state index in [0.29, 0.717) is 11.6 Å². The van der Waals surface area contributed by atoms with Crippen molar-refractivity contribution in [3.8, 4) is 0 Å². The van der Waals surface area contributed by atoms with Gasteiger partial charge in [-0.25, -0.2) is 4.98 Å². The first-order valence-corrected chi connectivity index (χ1v) is 9.25. The van der Waals surface area contributed by atoms with Gasteiger partial charge in [0.2, 0.25) is 0 Å². The Hall–Kier alpha value is -1.40. The lowest BCUT2D eigenvalue weighted by Gasteiger charge is -2.59. The molecular formula is C18H22BrN3O2. The van der Waals surface area contributed by atoms with Gasteiger partial charge in [-0.3, -0.25) is 9.20 Å². The van der Waals surface area contributed by atoms with Gasteiger partial charge >= 0.3 is 0 Å². The number of carbonyl (C=O) groups is 1. The minimum Gasteiger partial charge on any atom is -0.377 e. The number of carbonyl (C=O) groups excluding carboxylic acids is 1. The molecule has 1 aliphatic heterocycles. The predicted octanol–water partition coefficient (Wildman–Crippen LogP) is 3.34. The van der Waals surface area contributed by atoms with E-state index in [0.717, 1.165) is 35.3 Å². The number of fused-ring (bicyclic) bond motifs is 2. The second kappa shape index (κ2) is 5.56. The van der Waals surface area contributed by atoms with E-state index in [2.05, 4.69) is 40.1 Å². The Balaban J connectivity index is 1.63. The fourth-order valence-electron chi connectivity index (χ4n) is 4.44. The van der Waals surface area contributed by atoms with Gasteiger partial charge in [0.25, 0.3) is 5.91 Å². The number of nitrogens with zero attached hydrogens (tertiary/aromatic N) is 2. The van der Waals surface area contributed by atoms with Crippen LogP contribution in [0.1, 0.15) is 42.9 Å². The summed E-state index contributed by atoms with van der Waals surface area (Å²) in [6.45, 7) is 7.09. The van der Waals surface area contributed by atoms with Crippen LogP contribution in [0.4, 0.5) is 0 Å². The molecule has 0 spiro atoms. The molecule has 1 saturated carbocycles. The van der Waals surface area contributed by atoms with Crippen molar-refractivity contribution in [2.45, 2.75) is 45.8 Å². The minimum atomic E-state index is -0.0554. The summed E-state index contributed by atoms with van der Waals surface area (Å²) in [4.78, 5) is 17.5. The molecule has 1 amide bonds. The third-order valence-electron chi connectivity index (χ3n) is 5.59. The summed E-state index contributed by atoms with van der Waals surface area (Å²) in [5.74, 6) is 0.365. The summed E-state index contributed by atoms with van der Waals surface area (Å²) in [5.41, 5.74) is 2.12. The molecule has 128 valence electrons. The van der Waals surface area contributed by atoms with Crippen molar-refractivity contribution in [2.24, 2.45) is 11.3 Å². The molecule has 6 heteroatoms. The smallest absolute Gasteiger partial charge is 0.270 e. The van der Waals surface area contributed by atoms with Crippen LogP contribution in [0.3, 0.4) is 0 Å². The number of hydrogen-bond donors (Lipinski definition) is 1. The van der Waals surface area contributed by atoms with E-state index in [9.17, 15) is 4.79 Å². The first-order valence-electron chi connectivity index (χ1n) is 8.46. The van der Waals surface area contributed by atoms with Gasteiger partial charge in [0, 0.05) is 34.7 Å². The predicted molar refractivity (Wildman–Crippen MR) is 95.1 cm³/mol. The molecule has 2 aliphatic rings. The fraction of sp³-hybridized carbons (Fsp3) is 0.556. The quantitative estimate of drug-likeness (QED) is 0.853. The molecule has 2 aromatic heterocycles. The average molecular weight is 392 g/mol. The Morgan fingerprint density at radius 3 is 3.04 bits per heavy atom. The van der Waals surface area contributed by atoms with E-state index in [1.807, 2.05) is 29.7 Å². The highest BCUT2D eigenvalue weighted by molar-refractivity contribution is 9.10. The van der Waals surface area contributed by atoms with Gasteiger partial charge in [0.15, 0.2) is 0 Å². The molecule has 1 aliphatic carbocycles. The van der Waals surface area contributed by atoms with Crippen molar-refractivity contribution in [2.75, 3.05) is 6.61 Å². The maximum absolute atomic E-state index is 13.0. The Labute approximate surface area is 149 Å². The number of amides is 1. The van der Waals surface area contributed by atoms with E-state index in [-0.39, 0.29) is 23.5 Å². The molecule has 3 heterocycles. The largest absolute Gasteiger partial charge is 0.377 e. The number of nitrogens with one attached hydrogen (secondary N) is 1. The summed E-state index contributed by atoms with van der Waals surface area (Å²) in [6, 6.07) is 3.99. The van der Waals surface area contributed by atoms with Crippen LogP contribution in [0.2, 0.25) is 0 Å². The zero-order valence-electron chi connectivity index (χ0n) is 14.2. The van der Waals surface area contributed by atoms with Gasteiger partial charge < -0.3 is 10.1 Å². The lowest BCUT2D eigenvalue weighted by atomic mass is 9.55. The molecule has 0 aromatic carbocycles. The van der Waals surface area contributed by atoms with E-state index >= 15 is 0 Å². The molecule has 5 nitrogen and oxygen atoms in total. The third kappa shape index (κ3) is 2.30. The van der Waals surface area contributed by atoms with Gasteiger partial charge in [0.1, 0.15) is 11.3 Å². The van der Waals surface area contributed by atoms with E-state index in [1.54, 1.807) is 0 Å². The maximum atomic E-state index is 13.0. The number of imidazole rings is 1. The van der Waals surface area contributed by atoms with Crippen LogP contribution in [0.5, 0.6) is 0 Å². The summed E-state index contributed by atoms with van der Waals surface area (Å²) < 4.78 is 8.71. The van der Waals surface area contributed by atoms with E-state index < -0.39 is 0 Å². The molecule has 3 atom stereocenters. The van der Waals surface area contributed by atoms with Gasteiger partial charge in [-0.15, -0.1) is 0 Å². The number of hydrogen-bond acceptors (Lipinski definition) is 3. The standard InChI is InChI=1S/C18H22BrN3O2/c1-10-14(22-9-11(19)6-7-13(22)20-10)17(23)21-15-12-5-4-8-24-16(12)18(15,2)3/h6-7,9,12,15-16H,4-5,8H2,1-3H3,(H,21,23). The lowest BCUT2D eigenvalue weighted by molar-refractivity contribution is -0.189. The fourth-order valence-corrected chi connectivity index (χ4v) is 4.77. The van der Waals surface area contributed by atoms with Crippen molar-refractivity contribution in [1.82, 2.24) is 14.7 Å². The normalized spacial score (nSPS) is 28.2.